The molecule has 0 aliphatic rings. The lowest BCUT2D eigenvalue weighted by atomic mass is 10.2. The van der Waals surface area contributed by atoms with Gasteiger partial charge in [-0.15, -0.1) is 0 Å². The van der Waals surface area contributed by atoms with E-state index in [1.165, 1.54) is 20.4 Å². The largest absolute Gasteiger partial charge is 0.354 e. The fourth-order valence-electron chi connectivity index (χ4n) is 1.44. The Hall–Kier alpha value is -1.40. The summed E-state index contributed by atoms with van der Waals surface area (Å²) >= 11 is 0. The van der Waals surface area contributed by atoms with Crippen LogP contribution >= 0.6 is 0 Å². The van der Waals surface area contributed by atoms with Gasteiger partial charge in [0.1, 0.15) is 0 Å². The number of methoxy groups -OCH3 is 2. The first-order chi connectivity index (χ1) is 7.60. The van der Waals surface area contributed by atoms with Crippen molar-refractivity contribution in [3.63, 3.8) is 0 Å². The van der Waals surface area contributed by atoms with Gasteiger partial charge in [0.05, 0.1) is 17.8 Å². The van der Waals surface area contributed by atoms with Gasteiger partial charge in [-0.25, -0.2) is 0 Å². The number of H-pyrrole nitrogens is 1. The average molecular weight is 227 g/mol. The van der Waals surface area contributed by atoms with Crippen LogP contribution < -0.4 is 5.32 Å². The van der Waals surface area contributed by atoms with Crippen LogP contribution in [-0.4, -0.2) is 42.7 Å². The molecular formula is C10H17N3O3. The number of carbonyl (C=O) groups is 1. The predicted molar refractivity (Wildman–Crippen MR) is 58.1 cm³/mol. The maximum atomic E-state index is 11.8. The van der Waals surface area contributed by atoms with Crippen molar-refractivity contribution in [2.45, 2.75) is 26.2 Å². The van der Waals surface area contributed by atoms with Crippen molar-refractivity contribution in [2.24, 2.45) is 0 Å². The van der Waals surface area contributed by atoms with Gasteiger partial charge in [0.15, 0.2) is 6.29 Å². The SMILES string of the molecule is COC(OC)C(C)NC(=O)c1cn[nH]c1C. The number of rotatable bonds is 5. The number of aromatic amines is 1. The third kappa shape index (κ3) is 2.80. The molecule has 0 fully saturated rings. The van der Waals surface area contributed by atoms with Gasteiger partial charge in [-0.05, 0) is 13.8 Å². The normalized spacial score (nSPS) is 12.8. The van der Waals surface area contributed by atoms with Crippen molar-refractivity contribution < 1.29 is 14.3 Å². The number of hydrogen-bond acceptors (Lipinski definition) is 4. The summed E-state index contributed by atoms with van der Waals surface area (Å²) < 4.78 is 10.1. The first-order valence-corrected chi connectivity index (χ1v) is 4.96. The first-order valence-electron chi connectivity index (χ1n) is 4.96. The maximum Gasteiger partial charge on any atom is 0.255 e. The van der Waals surface area contributed by atoms with Gasteiger partial charge in [0.2, 0.25) is 0 Å². The van der Waals surface area contributed by atoms with E-state index in [9.17, 15) is 4.79 Å². The van der Waals surface area contributed by atoms with Gasteiger partial charge in [-0.2, -0.15) is 5.10 Å². The Labute approximate surface area is 94.3 Å². The van der Waals surface area contributed by atoms with E-state index < -0.39 is 6.29 Å². The second kappa shape index (κ2) is 5.62. The average Bonchev–Trinajstić information content (AvgIpc) is 2.66. The van der Waals surface area contributed by atoms with Crippen LogP contribution in [0.25, 0.3) is 0 Å². The second-order valence-corrected chi connectivity index (χ2v) is 3.51. The molecule has 1 rings (SSSR count). The molecule has 0 saturated carbocycles. The Kier molecular flexibility index (Phi) is 4.45. The molecule has 0 bridgehead atoms. The first kappa shape index (κ1) is 12.7. The van der Waals surface area contributed by atoms with Crippen molar-refractivity contribution in [1.82, 2.24) is 15.5 Å². The molecule has 16 heavy (non-hydrogen) atoms. The van der Waals surface area contributed by atoms with Gasteiger partial charge >= 0.3 is 0 Å². The Morgan fingerprint density at radius 3 is 2.56 bits per heavy atom. The Bertz CT molecular complexity index is 347. The number of ether oxygens (including phenoxy) is 2. The Balaban J connectivity index is 2.61. The Morgan fingerprint density at radius 2 is 2.12 bits per heavy atom. The molecule has 90 valence electrons. The zero-order valence-electron chi connectivity index (χ0n) is 9.90. The lowest BCUT2D eigenvalue weighted by Crippen LogP contribution is -2.43. The van der Waals surface area contributed by atoms with Crippen molar-refractivity contribution in [1.29, 1.82) is 0 Å². The molecule has 1 heterocycles. The number of hydrogen-bond donors (Lipinski definition) is 2. The molecule has 0 aliphatic carbocycles. The summed E-state index contributed by atoms with van der Waals surface area (Å²) in [6, 6.07) is -0.239. The highest BCUT2D eigenvalue weighted by Gasteiger charge is 2.20. The van der Waals surface area contributed by atoms with Crippen LogP contribution in [-0.2, 0) is 9.47 Å². The van der Waals surface area contributed by atoms with Crippen LogP contribution in [0.3, 0.4) is 0 Å². The highest BCUT2D eigenvalue weighted by atomic mass is 16.7. The molecule has 0 aliphatic heterocycles. The van der Waals surface area contributed by atoms with Gasteiger partial charge in [0.25, 0.3) is 5.91 Å². The third-order valence-electron chi connectivity index (χ3n) is 2.31. The summed E-state index contributed by atoms with van der Waals surface area (Å²) in [5.41, 5.74) is 1.26. The molecule has 2 N–H and O–H groups in total. The minimum atomic E-state index is -0.462. The molecule has 6 heteroatoms. The van der Waals surface area contributed by atoms with Crippen molar-refractivity contribution in [3.05, 3.63) is 17.5 Å². The number of carbonyl (C=O) groups excluding carboxylic acids is 1. The van der Waals surface area contributed by atoms with Crippen LogP contribution in [0.5, 0.6) is 0 Å². The molecule has 0 radical (unpaired) electrons. The van der Waals surface area contributed by atoms with E-state index in [2.05, 4.69) is 15.5 Å². The number of aromatic nitrogens is 2. The molecule has 1 atom stereocenters. The van der Waals surface area contributed by atoms with Gasteiger partial charge < -0.3 is 14.8 Å². The highest BCUT2D eigenvalue weighted by Crippen LogP contribution is 2.05. The molecule has 0 spiro atoms. The number of amides is 1. The summed E-state index contributed by atoms with van der Waals surface area (Å²) in [5, 5.41) is 9.27. The summed E-state index contributed by atoms with van der Waals surface area (Å²) in [7, 11) is 3.06. The van der Waals surface area contributed by atoms with Crippen LogP contribution in [0.15, 0.2) is 6.20 Å². The minimum absolute atomic E-state index is 0.196. The van der Waals surface area contributed by atoms with Gasteiger partial charge in [-0.3, -0.25) is 9.89 Å². The van der Waals surface area contributed by atoms with Crippen molar-refractivity contribution in [2.75, 3.05) is 14.2 Å². The van der Waals surface area contributed by atoms with E-state index in [4.69, 9.17) is 9.47 Å². The zero-order valence-corrected chi connectivity index (χ0v) is 9.90. The lowest BCUT2D eigenvalue weighted by Gasteiger charge is -2.21. The molecule has 0 aromatic carbocycles. The van der Waals surface area contributed by atoms with Gasteiger partial charge in [0, 0.05) is 19.9 Å². The molecule has 1 aromatic heterocycles. The molecule has 1 amide bonds. The zero-order chi connectivity index (χ0) is 12.1. The third-order valence-corrected chi connectivity index (χ3v) is 2.31. The smallest absolute Gasteiger partial charge is 0.255 e. The summed E-state index contributed by atoms with van der Waals surface area (Å²) in [5.74, 6) is -0.196. The second-order valence-electron chi connectivity index (χ2n) is 3.51. The standard InChI is InChI=1S/C10H17N3O3/c1-6-8(5-11-13-6)9(14)12-7(2)10(15-3)16-4/h5,7,10H,1-4H3,(H,11,13)(H,12,14). The quantitative estimate of drug-likeness (QED) is 0.716. The number of nitrogens with zero attached hydrogens (tertiary/aromatic N) is 1. The van der Waals surface area contributed by atoms with E-state index in [-0.39, 0.29) is 11.9 Å². The van der Waals surface area contributed by atoms with Crippen LogP contribution in [0.1, 0.15) is 23.0 Å². The van der Waals surface area contributed by atoms with E-state index in [0.717, 1.165) is 5.69 Å². The lowest BCUT2D eigenvalue weighted by molar-refractivity contribution is -0.117. The van der Waals surface area contributed by atoms with Gasteiger partial charge in [-0.1, -0.05) is 0 Å². The fraction of sp³-hybridized carbons (Fsp3) is 0.600. The summed E-state index contributed by atoms with van der Waals surface area (Å²) in [4.78, 5) is 11.8. The topological polar surface area (TPSA) is 76.2 Å². The summed E-state index contributed by atoms with van der Waals surface area (Å²) in [6.07, 6.45) is 1.03. The predicted octanol–water partition coefficient (Wildman–Crippen LogP) is 0.455. The Morgan fingerprint density at radius 1 is 1.50 bits per heavy atom. The number of nitrogens with one attached hydrogen (secondary N) is 2. The maximum absolute atomic E-state index is 11.8. The number of aryl methyl sites for hydroxylation is 1. The van der Waals surface area contributed by atoms with Crippen molar-refractivity contribution >= 4 is 5.91 Å². The molecule has 6 nitrogen and oxygen atoms in total. The monoisotopic (exact) mass is 227 g/mol. The molecule has 1 unspecified atom stereocenters. The van der Waals surface area contributed by atoms with Crippen LogP contribution in [0, 0.1) is 6.92 Å². The highest BCUT2D eigenvalue weighted by molar-refractivity contribution is 5.95. The van der Waals surface area contributed by atoms with Crippen LogP contribution in [0.4, 0.5) is 0 Å². The molecule has 0 saturated heterocycles. The fourth-order valence-corrected chi connectivity index (χ4v) is 1.44. The molecule has 1 aromatic rings. The van der Waals surface area contributed by atoms with E-state index in [0.29, 0.717) is 5.56 Å². The summed E-state index contributed by atoms with van der Waals surface area (Å²) in [6.45, 7) is 3.60. The minimum Gasteiger partial charge on any atom is -0.354 e. The van der Waals surface area contributed by atoms with Crippen molar-refractivity contribution in [3.8, 4) is 0 Å². The van der Waals surface area contributed by atoms with E-state index >= 15 is 0 Å². The molecular weight excluding hydrogens is 210 g/mol. The van der Waals surface area contributed by atoms with E-state index in [1.54, 1.807) is 6.92 Å². The van der Waals surface area contributed by atoms with Crippen LogP contribution in [0.2, 0.25) is 0 Å². The van der Waals surface area contributed by atoms with E-state index in [1.807, 2.05) is 6.92 Å².